The molecule has 0 bridgehead atoms. The molecule has 0 radical (unpaired) electrons. The number of carbonyl (C=O) groups is 1. The normalized spacial score (nSPS) is 12.1. The Morgan fingerprint density at radius 2 is 2.22 bits per heavy atom. The third kappa shape index (κ3) is 2.51. The van der Waals surface area contributed by atoms with E-state index in [0.29, 0.717) is 11.3 Å². The Labute approximate surface area is 104 Å². The van der Waals surface area contributed by atoms with Crippen LogP contribution in [0.3, 0.4) is 0 Å². The van der Waals surface area contributed by atoms with Crippen LogP contribution >= 0.6 is 0 Å². The van der Waals surface area contributed by atoms with Crippen molar-refractivity contribution in [2.75, 3.05) is 0 Å². The summed E-state index contributed by atoms with van der Waals surface area (Å²) >= 11 is 0. The molecule has 94 valence electrons. The molecule has 0 saturated heterocycles. The summed E-state index contributed by atoms with van der Waals surface area (Å²) in [5.74, 6) is 0.379. The molecule has 0 aliphatic heterocycles. The molecule has 0 aliphatic carbocycles. The van der Waals surface area contributed by atoms with E-state index in [1.54, 1.807) is 37.7 Å². The van der Waals surface area contributed by atoms with E-state index >= 15 is 0 Å². The largest absolute Gasteiger partial charge is 0.467 e. The fourth-order valence-electron chi connectivity index (χ4n) is 1.58. The van der Waals surface area contributed by atoms with Gasteiger partial charge >= 0.3 is 0 Å². The Morgan fingerprint density at radius 3 is 2.83 bits per heavy atom. The average Bonchev–Trinajstić information content (AvgIpc) is 2.86. The van der Waals surface area contributed by atoms with Gasteiger partial charge in [-0.3, -0.25) is 9.59 Å². The van der Waals surface area contributed by atoms with Crippen LogP contribution in [0, 0.1) is 0 Å². The first-order valence-corrected chi connectivity index (χ1v) is 5.59. The van der Waals surface area contributed by atoms with E-state index in [-0.39, 0.29) is 17.5 Å². The van der Waals surface area contributed by atoms with Crippen molar-refractivity contribution in [3.05, 3.63) is 58.4 Å². The van der Waals surface area contributed by atoms with Crippen LogP contribution in [0.1, 0.15) is 29.1 Å². The Bertz CT molecular complexity index is 599. The van der Waals surface area contributed by atoms with Crippen molar-refractivity contribution in [3.63, 3.8) is 0 Å². The van der Waals surface area contributed by atoms with E-state index in [0.717, 1.165) is 0 Å². The zero-order valence-electron chi connectivity index (χ0n) is 10.2. The number of amides is 1. The van der Waals surface area contributed by atoms with Gasteiger partial charge < -0.3 is 14.3 Å². The van der Waals surface area contributed by atoms with Crippen molar-refractivity contribution in [1.82, 2.24) is 9.88 Å². The van der Waals surface area contributed by atoms with Crippen LogP contribution in [-0.4, -0.2) is 10.5 Å². The predicted molar refractivity (Wildman–Crippen MR) is 66.3 cm³/mol. The predicted octanol–water partition coefficient (Wildman–Crippen LogP) is 1.47. The third-order valence-corrected chi connectivity index (χ3v) is 2.68. The molecule has 1 atom stereocenters. The van der Waals surface area contributed by atoms with Gasteiger partial charge in [-0.05, 0) is 25.1 Å². The number of aromatic nitrogens is 1. The van der Waals surface area contributed by atoms with Crippen LogP contribution < -0.4 is 10.9 Å². The summed E-state index contributed by atoms with van der Waals surface area (Å²) in [5, 5.41) is 2.76. The molecule has 2 aromatic rings. The highest BCUT2D eigenvalue weighted by atomic mass is 16.3. The number of nitrogens with zero attached hydrogens (tertiary/aromatic N) is 1. The molecule has 1 N–H and O–H groups in total. The fourth-order valence-corrected chi connectivity index (χ4v) is 1.58. The lowest BCUT2D eigenvalue weighted by atomic mass is 10.2. The van der Waals surface area contributed by atoms with Gasteiger partial charge in [0.15, 0.2) is 0 Å². The Hall–Kier alpha value is -2.30. The Morgan fingerprint density at radius 1 is 1.44 bits per heavy atom. The molecule has 0 spiro atoms. The molecule has 2 rings (SSSR count). The number of carbonyl (C=O) groups excluding carboxylic acids is 1. The first kappa shape index (κ1) is 12.2. The molecule has 5 nitrogen and oxygen atoms in total. The zero-order chi connectivity index (χ0) is 13.1. The highest BCUT2D eigenvalue weighted by Gasteiger charge is 2.13. The van der Waals surface area contributed by atoms with E-state index in [1.807, 2.05) is 6.92 Å². The summed E-state index contributed by atoms with van der Waals surface area (Å²) in [6.45, 7) is 1.82. The summed E-state index contributed by atoms with van der Waals surface area (Å²) in [7, 11) is 1.63. The first-order chi connectivity index (χ1) is 8.58. The average molecular weight is 246 g/mol. The maximum atomic E-state index is 11.9. The van der Waals surface area contributed by atoms with Crippen LogP contribution in [0.2, 0.25) is 0 Å². The van der Waals surface area contributed by atoms with Gasteiger partial charge in [0.25, 0.3) is 11.5 Å². The molecule has 1 amide bonds. The fraction of sp³-hybridized carbons (Fsp3) is 0.231. The molecule has 0 aliphatic rings. The SMILES string of the molecule is C[C@@H](NC(=O)c1ccn(C)c(=O)c1)c1ccco1. The summed E-state index contributed by atoms with van der Waals surface area (Å²) in [5.41, 5.74) is 0.129. The smallest absolute Gasteiger partial charge is 0.252 e. The van der Waals surface area contributed by atoms with Gasteiger partial charge in [0, 0.05) is 24.9 Å². The lowest BCUT2D eigenvalue weighted by molar-refractivity contribution is 0.0935. The van der Waals surface area contributed by atoms with Crippen LogP contribution in [0.5, 0.6) is 0 Å². The van der Waals surface area contributed by atoms with Gasteiger partial charge in [0.1, 0.15) is 5.76 Å². The van der Waals surface area contributed by atoms with E-state index in [2.05, 4.69) is 5.32 Å². The van der Waals surface area contributed by atoms with E-state index in [1.165, 1.54) is 10.6 Å². The third-order valence-electron chi connectivity index (χ3n) is 2.68. The molecule has 18 heavy (non-hydrogen) atoms. The second kappa shape index (κ2) is 4.91. The van der Waals surface area contributed by atoms with E-state index in [4.69, 9.17) is 4.42 Å². The molecule has 2 aromatic heterocycles. The maximum Gasteiger partial charge on any atom is 0.252 e. The second-order valence-corrected chi connectivity index (χ2v) is 4.08. The number of rotatable bonds is 3. The number of nitrogens with one attached hydrogen (secondary N) is 1. The molecule has 2 heterocycles. The second-order valence-electron chi connectivity index (χ2n) is 4.08. The van der Waals surface area contributed by atoms with Crippen molar-refractivity contribution < 1.29 is 9.21 Å². The highest BCUT2D eigenvalue weighted by Crippen LogP contribution is 2.12. The topological polar surface area (TPSA) is 64.2 Å². The van der Waals surface area contributed by atoms with Crippen molar-refractivity contribution in [1.29, 1.82) is 0 Å². The minimum Gasteiger partial charge on any atom is -0.467 e. The summed E-state index contributed by atoms with van der Waals surface area (Å²) < 4.78 is 6.60. The van der Waals surface area contributed by atoms with Crippen molar-refractivity contribution >= 4 is 5.91 Å². The maximum absolute atomic E-state index is 11.9. The molecular weight excluding hydrogens is 232 g/mol. The highest BCUT2D eigenvalue weighted by molar-refractivity contribution is 5.94. The van der Waals surface area contributed by atoms with Crippen molar-refractivity contribution in [2.24, 2.45) is 7.05 Å². The molecule has 5 heteroatoms. The summed E-state index contributed by atoms with van der Waals surface area (Å²) in [4.78, 5) is 23.3. The van der Waals surface area contributed by atoms with Crippen LogP contribution in [0.25, 0.3) is 0 Å². The van der Waals surface area contributed by atoms with Gasteiger partial charge in [-0.25, -0.2) is 0 Å². The number of hydrogen-bond acceptors (Lipinski definition) is 3. The van der Waals surface area contributed by atoms with Gasteiger partial charge in [0.05, 0.1) is 12.3 Å². The monoisotopic (exact) mass is 246 g/mol. The van der Waals surface area contributed by atoms with Gasteiger partial charge in [0.2, 0.25) is 0 Å². The van der Waals surface area contributed by atoms with Gasteiger partial charge in [-0.15, -0.1) is 0 Å². The number of aryl methyl sites for hydroxylation is 1. The lowest BCUT2D eigenvalue weighted by Crippen LogP contribution is -2.28. The molecule has 0 unspecified atom stereocenters. The number of hydrogen-bond donors (Lipinski definition) is 1. The Balaban J connectivity index is 2.12. The van der Waals surface area contributed by atoms with Gasteiger partial charge in [-0.1, -0.05) is 0 Å². The van der Waals surface area contributed by atoms with E-state index < -0.39 is 0 Å². The summed E-state index contributed by atoms with van der Waals surface area (Å²) in [6, 6.07) is 6.22. The minimum absolute atomic E-state index is 0.215. The molecule has 0 aromatic carbocycles. The number of furan rings is 1. The van der Waals surface area contributed by atoms with Crippen LogP contribution in [0.4, 0.5) is 0 Å². The van der Waals surface area contributed by atoms with E-state index in [9.17, 15) is 9.59 Å². The summed E-state index contributed by atoms with van der Waals surface area (Å²) in [6.07, 6.45) is 3.12. The van der Waals surface area contributed by atoms with Crippen molar-refractivity contribution in [3.8, 4) is 0 Å². The minimum atomic E-state index is -0.295. The standard InChI is InChI=1S/C13H14N2O3/c1-9(11-4-3-7-18-11)14-13(17)10-5-6-15(2)12(16)8-10/h3-9H,1-2H3,(H,14,17)/t9-/m1/s1. The van der Waals surface area contributed by atoms with Crippen LogP contribution in [0.15, 0.2) is 45.9 Å². The first-order valence-electron chi connectivity index (χ1n) is 5.59. The molecular formula is C13H14N2O3. The van der Waals surface area contributed by atoms with Crippen molar-refractivity contribution in [2.45, 2.75) is 13.0 Å². The zero-order valence-corrected chi connectivity index (χ0v) is 10.2. The quantitative estimate of drug-likeness (QED) is 0.891. The van der Waals surface area contributed by atoms with Gasteiger partial charge in [-0.2, -0.15) is 0 Å². The molecule has 0 fully saturated rings. The molecule has 0 saturated carbocycles. The van der Waals surface area contributed by atoms with Crippen LogP contribution in [-0.2, 0) is 7.05 Å². The number of pyridine rings is 1. The lowest BCUT2D eigenvalue weighted by Gasteiger charge is -2.11. The Kier molecular flexibility index (Phi) is 3.32.